The van der Waals surface area contributed by atoms with Crippen molar-refractivity contribution in [2.24, 2.45) is 11.3 Å². The van der Waals surface area contributed by atoms with Crippen LogP contribution in [-0.4, -0.2) is 140 Å². The maximum absolute atomic E-state index is 15.4. The number of piperidine rings is 1. The van der Waals surface area contributed by atoms with Crippen molar-refractivity contribution in [1.29, 1.82) is 0 Å². The fraction of sp³-hybridized carbons (Fsp3) is 0.596. The number of carbonyl (C=O) groups is 3. The van der Waals surface area contributed by atoms with E-state index in [9.17, 15) is 19.8 Å². The molecule has 1 aliphatic carbocycles. The van der Waals surface area contributed by atoms with Crippen LogP contribution in [0.4, 0.5) is 5.69 Å². The molecule has 13 nitrogen and oxygen atoms in total. The van der Waals surface area contributed by atoms with Crippen LogP contribution in [0.2, 0.25) is 0 Å². The third kappa shape index (κ3) is 5.63. The number of methoxy groups -OCH3 is 3. The second-order valence-electron chi connectivity index (χ2n) is 18.6. The lowest BCUT2D eigenvalue weighted by Gasteiger charge is -2.63. The van der Waals surface area contributed by atoms with Crippen LogP contribution in [0.5, 0.6) is 5.75 Å². The van der Waals surface area contributed by atoms with Crippen molar-refractivity contribution in [3.63, 3.8) is 0 Å². The minimum absolute atomic E-state index is 0.106. The van der Waals surface area contributed by atoms with Gasteiger partial charge in [-0.3, -0.25) is 19.4 Å². The van der Waals surface area contributed by atoms with Gasteiger partial charge in [-0.1, -0.05) is 26.0 Å². The van der Waals surface area contributed by atoms with Gasteiger partial charge in [0, 0.05) is 95.8 Å². The van der Waals surface area contributed by atoms with Crippen molar-refractivity contribution in [3.05, 3.63) is 64.9 Å². The standard InChI is InChI=1S/C47H60N4O9S/c1-9-43(55)23-28-24-46(41(53)58-6,37-30(14-18-50(25-28)26-43)31-20-29(61-8)12-13-34(31)48-37)33-21-32-35(22-36(33)57-5)49(4)39-45(32)16-19-51-17-11-15-44(10-2,38(45)51)40(60-27(3)52)47(39,56)42(54)59-7/h11-13,15,20-22,28,38-40,48,55-56H,9-10,14,16-19,23-26H2,1-8H3/t28-,38-,39+,40+,43-,44+,45+,46-,47-/m0/s1. The summed E-state index contributed by atoms with van der Waals surface area (Å²) in [5, 5.41) is 26.5. The SMILES string of the molecule is CC[C@]1(O)C[C@@H]2CN(CCc3c([nH]c4ccc(SC)cc34)[C@@](C(=O)OC)(c3cc4c(cc3OC)N(C)[C@H]3[C@@](O)(C(=O)OC)[C@H](OC(C)=O)[C@]5(CC)C=CCN6CC[C@]43[C@@H]65)C2)C1. The first-order valence-electron chi connectivity index (χ1n) is 21.7. The number of fused-ring (bicyclic) bond motifs is 6. The third-order valence-electron chi connectivity index (χ3n) is 15.9. The summed E-state index contributed by atoms with van der Waals surface area (Å²) in [5.74, 6) is -1.57. The maximum atomic E-state index is 15.4. The van der Waals surface area contributed by atoms with Gasteiger partial charge in [0.15, 0.2) is 6.10 Å². The molecule has 2 saturated heterocycles. The zero-order valence-electron chi connectivity index (χ0n) is 36.6. The minimum atomic E-state index is -2.31. The molecule has 2 aromatic carbocycles. The smallest absolute Gasteiger partial charge is 0.344 e. The molecule has 3 fully saturated rings. The van der Waals surface area contributed by atoms with Crippen molar-refractivity contribution in [1.82, 2.24) is 14.8 Å². The van der Waals surface area contributed by atoms with Crippen LogP contribution in [0.15, 0.2) is 47.4 Å². The first kappa shape index (κ1) is 42.2. The van der Waals surface area contributed by atoms with Gasteiger partial charge in [-0.25, -0.2) is 4.79 Å². The molecular formula is C47H60N4O9S. The Bertz CT molecular complexity index is 2330. The highest BCUT2D eigenvalue weighted by Crippen LogP contribution is 2.68. The van der Waals surface area contributed by atoms with Gasteiger partial charge in [0.05, 0.1) is 33.0 Å². The number of H-pyrrole nitrogens is 1. The minimum Gasteiger partial charge on any atom is -0.496 e. The number of hydrogen-bond acceptors (Lipinski definition) is 13. The van der Waals surface area contributed by atoms with E-state index in [4.69, 9.17) is 18.9 Å². The van der Waals surface area contributed by atoms with Crippen molar-refractivity contribution >= 4 is 46.3 Å². The Morgan fingerprint density at radius 3 is 2.41 bits per heavy atom. The molecule has 1 spiro atoms. The summed E-state index contributed by atoms with van der Waals surface area (Å²) in [6, 6.07) is 9.19. The summed E-state index contributed by atoms with van der Waals surface area (Å²) in [6.45, 7) is 8.62. The average molecular weight is 857 g/mol. The molecule has 5 aliphatic heterocycles. The molecule has 0 radical (unpaired) electrons. The van der Waals surface area contributed by atoms with E-state index in [-0.39, 0.29) is 12.0 Å². The number of carbonyl (C=O) groups excluding carboxylic acids is 3. The van der Waals surface area contributed by atoms with E-state index in [1.807, 2.05) is 31.9 Å². The zero-order chi connectivity index (χ0) is 43.4. The number of rotatable bonds is 8. The van der Waals surface area contributed by atoms with Gasteiger partial charge in [-0.05, 0) is 92.6 Å². The van der Waals surface area contributed by atoms with Gasteiger partial charge in [-0.15, -0.1) is 11.8 Å². The molecule has 1 saturated carbocycles. The fourth-order valence-corrected chi connectivity index (χ4v) is 14.1. The summed E-state index contributed by atoms with van der Waals surface area (Å²) in [4.78, 5) is 54.5. The molecule has 3 aromatic rings. The van der Waals surface area contributed by atoms with E-state index in [1.165, 1.54) is 21.1 Å². The van der Waals surface area contributed by atoms with E-state index < -0.39 is 57.5 Å². The number of nitrogens with zero attached hydrogens (tertiary/aromatic N) is 3. The van der Waals surface area contributed by atoms with Crippen LogP contribution in [-0.2, 0) is 45.8 Å². The number of thioether (sulfide) groups is 1. The monoisotopic (exact) mass is 856 g/mol. The molecular weight excluding hydrogens is 797 g/mol. The lowest BCUT2D eigenvalue weighted by molar-refractivity contribution is -0.228. The largest absolute Gasteiger partial charge is 0.496 e. The first-order valence-corrected chi connectivity index (χ1v) is 23.0. The second-order valence-corrected chi connectivity index (χ2v) is 19.4. The Labute approximate surface area is 362 Å². The number of anilines is 1. The van der Waals surface area contributed by atoms with Crippen LogP contribution < -0.4 is 9.64 Å². The third-order valence-corrected chi connectivity index (χ3v) is 16.6. The molecule has 10 atom stereocenters. The van der Waals surface area contributed by atoms with E-state index in [2.05, 4.69) is 57.5 Å². The summed E-state index contributed by atoms with van der Waals surface area (Å²) < 4.78 is 24.0. The molecule has 2 bridgehead atoms. The lowest BCUT2D eigenvalue weighted by Crippen LogP contribution is -2.81. The van der Waals surface area contributed by atoms with Gasteiger partial charge in [0.1, 0.15) is 11.2 Å². The van der Waals surface area contributed by atoms with E-state index in [0.717, 1.165) is 38.3 Å². The van der Waals surface area contributed by atoms with Crippen molar-refractivity contribution in [3.8, 4) is 5.75 Å². The lowest BCUT2D eigenvalue weighted by atomic mass is 9.47. The van der Waals surface area contributed by atoms with Gasteiger partial charge in [0.2, 0.25) is 5.60 Å². The van der Waals surface area contributed by atoms with Gasteiger partial charge < -0.3 is 39.0 Å². The van der Waals surface area contributed by atoms with Crippen LogP contribution in [0.1, 0.15) is 75.3 Å². The summed E-state index contributed by atoms with van der Waals surface area (Å²) in [5.41, 5.74) is -1.65. The molecule has 9 rings (SSSR count). The molecule has 3 N–H and O–H groups in total. The summed E-state index contributed by atoms with van der Waals surface area (Å²) in [6.07, 6.45) is 7.98. The van der Waals surface area contributed by atoms with E-state index >= 15 is 4.79 Å². The Hall–Kier alpha value is -4.08. The molecule has 328 valence electrons. The fourth-order valence-electron chi connectivity index (χ4n) is 13.7. The van der Waals surface area contributed by atoms with Crippen LogP contribution >= 0.6 is 11.8 Å². The first-order chi connectivity index (χ1) is 29.2. The Kier molecular flexibility index (Phi) is 10.2. The van der Waals surface area contributed by atoms with Gasteiger partial charge >= 0.3 is 17.9 Å². The van der Waals surface area contributed by atoms with Gasteiger partial charge in [-0.2, -0.15) is 0 Å². The van der Waals surface area contributed by atoms with E-state index in [1.54, 1.807) is 18.9 Å². The van der Waals surface area contributed by atoms with Crippen molar-refractivity contribution < 1.29 is 43.5 Å². The second kappa shape index (κ2) is 14.8. The number of likely N-dealkylation sites (N-methyl/N-ethyl adjacent to an activating group) is 1. The predicted octanol–water partition coefficient (Wildman–Crippen LogP) is 4.71. The van der Waals surface area contributed by atoms with Crippen LogP contribution in [0.25, 0.3) is 10.9 Å². The van der Waals surface area contributed by atoms with Crippen LogP contribution in [0.3, 0.4) is 0 Å². The Balaban J connectivity index is 1.37. The number of aromatic nitrogens is 1. The molecule has 1 unspecified atom stereocenters. The number of aliphatic hydroxyl groups is 2. The Morgan fingerprint density at radius 1 is 0.967 bits per heavy atom. The molecule has 1 aromatic heterocycles. The number of aromatic amines is 1. The van der Waals surface area contributed by atoms with Gasteiger partial charge in [0.25, 0.3) is 0 Å². The number of nitrogens with one attached hydrogen (secondary N) is 1. The number of esters is 3. The van der Waals surface area contributed by atoms with Crippen molar-refractivity contribution in [2.45, 2.75) is 104 Å². The van der Waals surface area contributed by atoms with Crippen LogP contribution in [0, 0.1) is 11.3 Å². The molecule has 14 heteroatoms. The normalized spacial score (nSPS) is 36.2. The highest BCUT2D eigenvalue weighted by molar-refractivity contribution is 7.98. The zero-order valence-corrected chi connectivity index (χ0v) is 37.4. The molecule has 6 heterocycles. The quantitative estimate of drug-likeness (QED) is 0.124. The highest BCUT2D eigenvalue weighted by atomic mass is 32.2. The maximum Gasteiger partial charge on any atom is 0.344 e. The molecule has 61 heavy (non-hydrogen) atoms. The van der Waals surface area contributed by atoms with Crippen molar-refractivity contribution in [2.75, 3.05) is 72.3 Å². The highest BCUT2D eigenvalue weighted by Gasteiger charge is 2.80. The molecule has 6 aliphatic rings. The van der Waals surface area contributed by atoms with E-state index in [0.29, 0.717) is 82.6 Å². The molecule has 0 amide bonds. The summed E-state index contributed by atoms with van der Waals surface area (Å²) >= 11 is 1.67. The number of benzene rings is 2. The summed E-state index contributed by atoms with van der Waals surface area (Å²) in [7, 11) is 6.17. The average Bonchev–Trinajstić information content (AvgIpc) is 3.92. The topological polar surface area (TPSA) is 154 Å². The number of ether oxygens (including phenoxy) is 4. The Morgan fingerprint density at radius 2 is 1.74 bits per heavy atom. The predicted molar refractivity (Wildman–Crippen MR) is 232 cm³/mol. The number of hydrogen-bond donors (Lipinski definition) is 3.